The number of aliphatic hydroxyl groups excluding tert-OH is 1. The Labute approximate surface area is 218 Å². The molecule has 1 heterocycles. The number of aryl methyl sites for hydroxylation is 1. The molecule has 1 atom stereocenters. The largest absolute Gasteiger partial charge is 0.507 e. The van der Waals surface area contributed by atoms with E-state index in [0.29, 0.717) is 34.9 Å². The summed E-state index contributed by atoms with van der Waals surface area (Å²) >= 11 is 0. The Kier molecular flexibility index (Phi) is 7.12. The summed E-state index contributed by atoms with van der Waals surface area (Å²) in [6.07, 6.45) is 0. The first kappa shape index (κ1) is 26.0. The fourth-order valence-corrected chi connectivity index (χ4v) is 4.77. The van der Waals surface area contributed by atoms with Crippen LogP contribution in [0.5, 0.6) is 11.5 Å². The lowest BCUT2D eigenvalue weighted by molar-refractivity contribution is -0.132. The van der Waals surface area contributed by atoms with Crippen molar-refractivity contribution in [1.82, 2.24) is 0 Å². The number of carbonyl (C=O) groups excluding carboxylic acids is 2. The first-order chi connectivity index (χ1) is 17.6. The zero-order valence-corrected chi connectivity index (χ0v) is 22.2. The molecule has 1 saturated heterocycles. The minimum atomic E-state index is -0.832. The van der Waals surface area contributed by atoms with Crippen LogP contribution < -0.4 is 14.4 Å². The van der Waals surface area contributed by atoms with Crippen molar-refractivity contribution in [2.45, 2.75) is 46.1 Å². The number of carbonyl (C=O) groups is 2. The Balaban J connectivity index is 1.98. The number of ketones is 1. The number of hydrogen-bond donors (Lipinski definition) is 1. The third kappa shape index (κ3) is 4.84. The topological polar surface area (TPSA) is 76.1 Å². The molecule has 6 nitrogen and oxygen atoms in total. The lowest BCUT2D eigenvalue weighted by Crippen LogP contribution is -2.30. The zero-order valence-electron chi connectivity index (χ0n) is 22.2. The highest BCUT2D eigenvalue weighted by molar-refractivity contribution is 6.51. The highest BCUT2D eigenvalue weighted by atomic mass is 16.5. The maximum absolute atomic E-state index is 13.5. The average Bonchev–Trinajstić information content (AvgIpc) is 3.13. The number of ether oxygens (including phenoxy) is 2. The molecule has 192 valence electrons. The molecule has 0 spiro atoms. The monoisotopic (exact) mass is 499 g/mol. The molecule has 1 unspecified atom stereocenters. The highest BCUT2D eigenvalue weighted by Gasteiger charge is 2.47. The van der Waals surface area contributed by atoms with Gasteiger partial charge in [0.15, 0.2) is 0 Å². The van der Waals surface area contributed by atoms with Crippen molar-refractivity contribution in [2.24, 2.45) is 0 Å². The normalized spacial score (nSPS) is 17.2. The van der Waals surface area contributed by atoms with E-state index in [9.17, 15) is 14.7 Å². The number of benzene rings is 3. The van der Waals surface area contributed by atoms with Crippen LogP contribution >= 0.6 is 0 Å². The number of anilines is 1. The van der Waals surface area contributed by atoms with E-state index in [1.807, 2.05) is 89.2 Å². The first-order valence-corrected chi connectivity index (χ1v) is 12.4. The average molecular weight is 500 g/mol. The maximum Gasteiger partial charge on any atom is 0.300 e. The Bertz CT molecular complexity index is 1380. The van der Waals surface area contributed by atoms with E-state index in [-0.39, 0.29) is 16.7 Å². The molecular weight excluding hydrogens is 466 g/mol. The van der Waals surface area contributed by atoms with Crippen LogP contribution in [0.15, 0.2) is 72.3 Å². The van der Waals surface area contributed by atoms with Crippen molar-refractivity contribution >= 4 is 23.1 Å². The second-order valence-corrected chi connectivity index (χ2v) is 10.1. The quantitative estimate of drug-likeness (QED) is 0.244. The molecule has 0 saturated carbocycles. The minimum absolute atomic E-state index is 0.0342. The molecular formula is C31H33NO5. The SMILES string of the molecule is CCOc1cccc(C2/C(=C(\O)c3ccc(OC)c(C(C)(C)C)c3)C(=O)C(=O)N2c2ccccc2C)c1. The van der Waals surface area contributed by atoms with Crippen LogP contribution in [0.2, 0.25) is 0 Å². The number of amides is 1. The second kappa shape index (κ2) is 10.1. The summed E-state index contributed by atoms with van der Waals surface area (Å²) in [6, 6.07) is 19.2. The van der Waals surface area contributed by atoms with Crippen LogP contribution in [0.3, 0.4) is 0 Å². The lowest BCUT2D eigenvalue weighted by atomic mass is 9.84. The summed E-state index contributed by atoms with van der Waals surface area (Å²) in [6.45, 7) is 10.4. The van der Waals surface area contributed by atoms with Gasteiger partial charge in [0.1, 0.15) is 17.3 Å². The summed E-state index contributed by atoms with van der Waals surface area (Å²) < 4.78 is 11.2. The van der Waals surface area contributed by atoms with Gasteiger partial charge in [-0.05, 0) is 66.8 Å². The zero-order chi connectivity index (χ0) is 26.9. The number of Topliss-reactive ketones (excluding diaryl/α,β-unsaturated/α-hetero) is 1. The lowest BCUT2D eigenvalue weighted by Gasteiger charge is -2.27. The summed E-state index contributed by atoms with van der Waals surface area (Å²) in [5.41, 5.74) is 3.20. The number of nitrogens with zero attached hydrogens (tertiary/aromatic N) is 1. The summed E-state index contributed by atoms with van der Waals surface area (Å²) in [5, 5.41) is 11.6. The Morgan fingerprint density at radius 2 is 1.73 bits per heavy atom. The van der Waals surface area contributed by atoms with E-state index >= 15 is 0 Å². The minimum Gasteiger partial charge on any atom is -0.507 e. The summed E-state index contributed by atoms with van der Waals surface area (Å²) in [5.74, 6) is -0.345. The molecule has 0 aliphatic carbocycles. The Morgan fingerprint density at radius 1 is 1.00 bits per heavy atom. The molecule has 1 amide bonds. The van der Waals surface area contributed by atoms with Gasteiger partial charge in [0.25, 0.3) is 11.7 Å². The van der Waals surface area contributed by atoms with Gasteiger partial charge >= 0.3 is 0 Å². The number of para-hydroxylation sites is 1. The highest BCUT2D eigenvalue weighted by Crippen LogP contribution is 2.44. The third-order valence-corrected chi connectivity index (χ3v) is 6.59. The van der Waals surface area contributed by atoms with Gasteiger partial charge in [0.2, 0.25) is 0 Å². The number of aliphatic hydroxyl groups is 1. The number of methoxy groups -OCH3 is 1. The molecule has 3 aromatic rings. The summed E-state index contributed by atoms with van der Waals surface area (Å²) in [7, 11) is 1.60. The molecule has 1 N–H and O–H groups in total. The molecule has 0 bridgehead atoms. The van der Waals surface area contributed by atoms with E-state index < -0.39 is 17.7 Å². The van der Waals surface area contributed by atoms with Gasteiger partial charge in [-0.2, -0.15) is 0 Å². The van der Waals surface area contributed by atoms with Gasteiger partial charge in [-0.15, -0.1) is 0 Å². The maximum atomic E-state index is 13.5. The molecule has 0 aromatic heterocycles. The third-order valence-electron chi connectivity index (χ3n) is 6.59. The molecule has 1 aliphatic heterocycles. The molecule has 1 fully saturated rings. The smallest absolute Gasteiger partial charge is 0.300 e. The van der Waals surface area contributed by atoms with Gasteiger partial charge in [-0.3, -0.25) is 14.5 Å². The van der Waals surface area contributed by atoms with Gasteiger partial charge in [0.05, 0.1) is 25.3 Å². The van der Waals surface area contributed by atoms with Crippen LogP contribution in [-0.2, 0) is 15.0 Å². The molecule has 6 heteroatoms. The molecule has 37 heavy (non-hydrogen) atoms. The van der Waals surface area contributed by atoms with Crippen LogP contribution in [-0.4, -0.2) is 30.5 Å². The molecule has 0 radical (unpaired) electrons. The van der Waals surface area contributed by atoms with E-state index in [1.165, 1.54) is 4.90 Å². The van der Waals surface area contributed by atoms with Crippen molar-refractivity contribution in [1.29, 1.82) is 0 Å². The predicted octanol–water partition coefficient (Wildman–Crippen LogP) is 6.33. The molecule has 1 aliphatic rings. The molecule has 3 aromatic carbocycles. The van der Waals surface area contributed by atoms with E-state index in [2.05, 4.69) is 0 Å². The van der Waals surface area contributed by atoms with E-state index in [4.69, 9.17) is 9.47 Å². The van der Waals surface area contributed by atoms with Gasteiger partial charge < -0.3 is 14.6 Å². The Hall–Kier alpha value is -4.06. The number of rotatable bonds is 6. The van der Waals surface area contributed by atoms with Gasteiger partial charge in [-0.25, -0.2) is 0 Å². The molecule has 4 rings (SSSR count). The fraction of sp³-hybridized carbons (Fsp3) is 0.290. The number of hydrogen-bond acceptors (Lipinski definition) is 5. The van der Waals surface area contributed by atoms with Crippen molar-refractivity contribution in [3.05, 3.63) is 94.6 Å². The fourth-order valence-electron chi connectivity index (χ4n) is 4.77. The van der Waals surface area contributed by atoms with Crippen molar-refractivity contribution < 1.29 is 24.2 Å². The van der Waals surface area contributed by atoms with Crippen molar-refractivity contribution in [2.75, 3.05) is 18.6 Å². The standard InChI is InChI=1S/C31H33NO5/c1-7-37-22-13-10-12-20(17-22)27-26(29(34)30(35)32(27)24-14-9-8-11-19(24)2)28(33)21-15-16-25(36-6)23(18-21)31(3,4)5/h8-18,27,33H,7H2,1-6H3/b28-26+. The van der Waals surface area contributed by atoms with Crippen LogP contribution in [0.25, 0.3) is 5.76 Å². The second-order valence-electron chi connectivity index (χ2n) is 10.1. The van der Waals surface area contributed by atoms with Crippen molar-refractivity contribution in [3.63, 3.8) is 0 Å². The van der Waals surface area contributed by atoms with Crippen LogP contribution in [0.4, 0.5) is 5.69 Å². The van der Waals surface area contributed by atoms with Crippen molar-refractivity contribution in [3.8, 4) is 11.5 Å². The summed E-state index contributed by atoms with van der Waals surface area (Å²) in [4.78, 5) is 28.5. The van der Waals surface area contributed by atoms with Gasteiger partial charge in [0, 0.05) is 16.8 Å². The predicted molar refractivity (Wildman–Crippen MR) is 145 cm³/mol. The van der Waals surface area contributed by atoms with Crippen LogP contribution in [0, 0.1) is 6.92 Å². The van der Waals surface area contributed by atoms with Gasteiger partial charge in [-0.1, -0.05) is 51.1 Å². The Morgan fingerprint density at radius 3 is 2.38 bits per heavy atom. The van der Waals surface area contributed by atoms with E-state index in [1.54, 1.807) is 19.2 Å². The van der Waals surface area contributed by atoms with E-state index in [0.717, 1.165) is 11.1 Å². The van der Waals surface area contributed by atoms with Crippen LogP contribution in [0.1, 0.15) is 56.0 Å². The first-order valence-electron chi connectivity index (χ1n) is 12.4.